The average Bonchev–Trinajstić information content (AvgIpc) is 2.85. The molecule has 0 aromatic carbocycles. The van der Waals surface area contributed by atoms with Crippen molar-refractivity contribution in [2.24, 2.45) is 0 Å². The van der Waals surface area contributed by atoms with Crippen molar-refractivity contribution < 1.29 is 0 Å². The lowest BCUT2D eigenvalue weighted by atomic mass is 9.96. The smallest absolute Gasteiger partial charge is 0.226 e. The molecule has 1 aliphatic carbocycles. The van der Waals surface area contributed by atoms with Gasteiger partial charge >= 0.3 is 0 Å². The van der Waals surface area contributed by atoms with Crippen molar-refractivity contribution in [1.29, 1.82) is 0 Å². The zero-order valence-corrected chi connectivity index (χ0v) is 11.0. The minimum atomic E-state index is 0.356. The summed E-state index contributed by atoms with van der Waals surface area (Å²) in [6, 6.07) is 0.891. The monoisotopic (exact) mass is 260 g/mol. The number of hydrogen-bond acceptors (Lipinski definition) is 6. The molecule has 3 heterocycles. The first kappa shape index (κ1) is 11.3. The van der Waals surface area contributed by atoms with E-state index in [4.69, 9.17) is 0 Å². The van der Waals surface area contributed by atoms with Crippen LogP contribution in [0.3, 0.4) is 0 Å². The summed E-state index contributed by atoms with van der Waals surface area (Å²) in [5, 5.41) is 6.87. The van der Waals surface area contributed by atoms with Crippen molar-refractivity contribution in [3.05, 3.63) is 5.56 Å². The second kappa shape index (κ2) is 4.52. The Bertz CT molecular complexity index is 482. The predicted molar refractivity (Wildman–Crippen MR) is 75.1 cm³/mol. The fraction of sp³-hybridized carbons (Fsp3) is 0.692. The molecule has 0 saturated heterocycles. The van der Waals surface area contributed by atoms with Crippen molar-refractivity contribution >= 4 is 17.6 Å². The second-order valence-electron chi connectivity index (χ2n) is 5.67. The molecule has 3 aliphatic rings. The lowest BCUT2D eigenvalue weighted by Crippen LogP contribution is -2.25. The van der Waals surface area contributed by atoms with Crippen LogP contribution in [0.15, 0.2) is 0 Å². The van der Waals surface area contributed by atoms with E-state index in [0.717, 1.165) is 30.5 Å². The standard InChI is InChI=1S/C13H20N6/c1-2-4-8(5-3-1)15-13-16-11-10-9(6-7-14-11)18-19-12(10)17-13/h8-9,18H,1-7H2,(H3,14,15,16,17,19). The molecule has 0 spiro atoms. The van der Waals surface area contributed by atoms with Gasteiger partial charge in [0.05, 0.1) is 11.6 Å². The maximum absolute atomic E-state index is 4.65. The van der Waals surface area contributed by atoms with Gasteiger partial charge in [0.25, 0.3) is 0 Å². The number of rotatable bonds is 2. The first-order valence-electron chi connectivity index (χ1n) is 7.34. The minimum absolute atomic E-state index is 0.356. The van der Waals surface area contributed by atoms with Gasteiger partial charge in [-0.25, -0.2) is 5.43 Å². The van der Waals surface area contributed by atoms with Crippen LogP contribution in [0, 0.1) is 0 Å². The molecule has 0 radical (unpaired) electrons. The molecule has 19 heavy (non-hydrogen) atoms. The van der Waals surface area contributed by atoms with E-state index in [0.29, 0.717) is 12.1 Å². The number of aromatic nitrogens is 2. The van der Waals surface area contributed by atoms with E-state index in [9.17, 15) is 0 Å². The van der Waals surface area contributed by atoms with E-state index >= 15 is 0 Å². The first-order valence-corrected chi connectivity index (χ1v) is 7.34. The SMILES string of the molecule is C1CCC(Nc2nc3c4c(n2)NNC4CCN3)CC1. The van der Waals surface area contributed by atoms with Gasteiger partial charge in [-0.15, -0.1) is 0 Å². The van der Waals surface area contributed by atoms with Crippen LogP contribution in [-0.4, -0.2) is 22.6 Å². The molecule has 2 aliphatic heterocycles. The summed E-state index contributed by atoms with van der Waals surface area (Å²) in [6.45, 7) is 0.964. The van der Waals surface area contributed by atoms with Crippen LogP contribution in [0.2, 0.25) is 0 Å². The fourth-order valence-electron chi connectivity index (χ4n) is 3.30. The first-order chi connectivity index (χ1) is 9.40. The predicted octanol–water partition coefficient (Wildman–Crippen LogP) is 2.01. The number of anilines is 3. The summed E-state index contributed by atoms with van der Waals surface area (Å²) in [7, 11) is 0. The summed E-state index contributed by atoms with van der Waals surface area (Å²) in [5.74, 6) is 2.67. The van der Waals surface area contributed by atoms with Gasteiger partial charge in [0.15, 0.2) is 5.82 Å². The molecule has 1 unspecified atom stereocenters. The van der Waals surface area contributed by atoms with Crippen molar-refractivity contribution in [2.45, 2.75) is 50.6 Å². The van der Waals surface area contributed by atoms with Gasteiger partial charge < -0.3 is 16.1 Å². The van der Waals surface area contributed by atoms with Crippen LogP contribution in [0.4, 0.5) is 17.6 Å². The lowest BCUT2D eigenvalue weighted by molar-refractivity contribution is 0.461. The van der Waals surface area contributed by atoms with Crippen LogP contribution in [0.5, 0.6) is 0 Å². The molecule has 102 valence electrons. The third kappa shape index (κ3) is 2.00. The molecule has 0 amide bonds. The number of nitrogens with zero attached hydrogens (tertiary/aromatic N) is 2. The Hall–Kier alpha value is -1.56. The minimum Gasteiger partial charge on any atom is -0.369 e. The molecular formula is C13H20N6. The zero-order valence-electron chi connectivity index (χ0n) is 11.0. The highest BCUT2D eigenvalue weighted by atomic mass is 15.4. The molecule has 1 saturated carbocycles. The lowest BCUT2D eigenvalue weighted by Gasteiger charge is -2.24. The summed E-state index contributed by atoms with van der Waals surface area (Å²) >= 11 is 0. The van der Waals surface area contributed by atoms with Gasteiger partial charge in [-0.2, -0.15) is 9.97 Å². The number of hydrogen-bond donors (Lipinski definition) is 4. The zero-order chi connectivity index (χ0) is 12.7. The van der Waals surface area contributed by atoms with Crippen LogP contribution in [0.1, 0.15) is 50.1 Å². The van der Waals surface area contributed by atoms with Crippen LogP contribution in [0.25, 0.3) is 0 Å². The Morgan fingerprint density at radius 2 is 1.84 bits per heavy atom. The summed E-state index contributed by atoms with van der Waals surface area (Å²) in [6.07, 6.45) is 7.54. The highest BCUT2D eigenvalue weighted by molar-refractivity contribution is 5.66. The molecule has 6 nitrogen and oxygen atoms in total. The van der Waals surface area contributed by atoms with Crippen LogP contribution in [-0.2, 0) is 0 Å². The van der Waals surface area contributed by atoms with Gasteiger partial charge in [-0.3, -0.25) is 0 Å². The summed E-state index contributed by atoms with van der Waals surface area (Å²) < 4.78 is 0. The largest absolute Gasteiger partial charge is 0.369 e. The highest BCUT2D eigenvalue weighted by Crippen LogP contribution is 2.37. The Morgan fingerprint density at radius 1 is 1.00 bits per heavy atom. The van der Waals surface area contributed by atoms with Gasteiger partial charge in [0.1, 0.15) is 5.82 Å². The van der Waals surface area contributed by atoms with Gasteiger partial charge in [-0.05, 0) is 19.3 Å². The Balaban J connectivity index is 1.60. The number of nitrogens with one attached hydrogen (secondary N) is 4. The number of hydrazine groups is 1. The molecular weight excluding hydrogens is 240 g/mol. The average molecular weight is 260 g/mol. The molecule has 6 heteroatoms. The molecule has 4 N–H and O–H groups in total. The molecule has 1 fully saturated rings. The highest BCUT2D eigenvalue weighted by Gasteiger charge is 2.31. The van der Waals surface area contributed by atoms with E-state index in [1.165, 1.54) is 37.7 Å². The third-order valence-corrected chi connectivity index (χ3v) is 4.32. The van der Waals surface area contributed by atoms with Crippen LogP contribution >= 0.6 is 0 Å². The maximum atomic E-state index is 4.65. The van der Waals surface area contributed by atoms with E-state index in [1.54, 1.807) is 0 Å². The van der Waals surface area contributed by atoms with Crippen molar-refractivity contribution in [1.82, 2.24) is 15.4 Å². The summed E-state index contributed by atoms with van der Waals surface area (Å²) in [5.41, 5.74) is 7.65. The normalized spacial score (nSPS) is 25.4. The third-order valence-electron chi connectivity index (χ3n) is 4.32. The van der Waals surface area contributed by atoms with E-state index in [2.05, 4.69) is 31.5 Å². The molecule has 4 rings (SSSR count). The molecule has 1 aromatic rings. The van der Waals surface area contributed by atoms with Gasteiger partial charge in [0, 0.05) is 12.6 Å². The Kier molecular flexibility index (Phi) is 2.69. The van der Waals surface area contributed by atoms with Crippen LogP contribution < -0.4 is 21.5 Å². The topological polar surface area (TPSA) is 73.9 Å². The van der Waals surface area contributed by atoms with E-state index in [-0.39, 0.29) is 0 Å². The Morgan fingerprint density at radius 3 is 2.74 bits per heavy atom. The van der Waals surface area contributed by atoms with E-state index < -0.39 is 0 Å². The fourth-order valence-corrected chi connectivity index (χ4v) is 3.30. The van der Waals surface area contributed by atoms with Crippen molar-refractivity contribution in [2.75, 3.05) is 22.6 Å². The van der Waals surface area contributed by atoms with Crippen molar-refractivity contribution in [3.8, 4) is 0 Å². The molecule has 1 atom stereocenters. The molecule has 0 bridgehead atoms. The Labute approximate surface area is 112 Å². The van der Waals surface area contributed by atoms with Gasteiger partial charge in [0.2, 0.25) is 5.95 Å². The molecule has 1 aromatic heterocycles. The van der Waals surface area contributed by atoms with E-state index in [1.807, 2.05) is 0 Å². The second-order valence-corrected chi connectivity index (χ2v) is 5.67. The summed E-state index contributed by atoms with van der Waals surface area (Å²) in [4.78, 5) is 9.25. The quantitative estimate of drug-likeness (QED) is 0.652. The van der Waals surface area contributed by atoms with Gasteiger partial charge in [-0.1, -0.05) is 19.3 Å². The maximum Gasteiger partial charge on any atom is 0.226 e. The van der Waals surface area contributed by atoms with Crippen molar-refractivity contribution in [3.63, 3.8) is 0 Å².